The zero-order valence-electron chi connectivity index (χ0n) is 17.8. The third kappa shape index (κ3) is 3.48. The van der Waals surface area contributed by atoms with Crippen LogP contribution in [0.15, 0.2) is 42.9 Å². The maximum Gasteiger partial charge on any atom is 0.433 e. The number of likely N-dealkylation sites (tertiary alicyclic amines) is 1. The molecule has 0 radical (unpaired) electrons. The molecular formula is C24H27F3N4O. The lowest BCUT2D eigenvalue weighted by Gasteiger charge is -2.62. The van der Waals surface area contributed by atoms with Crippen LogP contribution in [0.3, 0.4) is 0 Å². The zero-order chi connectivity index (χ0) is 21.9. The molecule has 8 heteroatoms. The molecule has 2 aromatic rings. The third-order valence-electron chi connectivity index (χ3n) is 7.93. The lowest BCUT2D eigenvalue weighted by Crippen LogP contribution is -2.64. The van der Waals surface area contributed by atoms with Crippen LogP contribution in [0.5, 0.6) is 0 Å². The fraction of sp³-hybridized carbons (Fsp3) is 0.583. The van der Waals surface area contributed by atoms with Crippen molar-refractivity contribution < 1.29 is 17.9 Å². The number of nitrogens with zero attached hydrogens (tertiary/aromatic N) is 4. The van der Waals surface area contributed by atoms with Crippen LogP contribution in [-0.2, 0) is 10.9 Å². The van der Waals surface area contributed by atoms with Gasteiger partial charge in [-0.3, -0.25) is 9.88 Å². The Morgan fingerprint density at radius 1 is 1.12 bits per heavy atom. The highest BCUT2D eigenvalue weighted by Gasteiger charge is 2.55. The molecule has 1 aliphatic carbocycles. The van der Waals surface area contributed by atoms with Crippen molar-refractivity contribution >= 4 is 5.69 Å². The Bertz CT molecular complexity index is 953. The van der Waals surface area contributed by atoms with Gasteiger partial charge in [-0.05, 0) is 48.9 Å². The Labute approximate surface area is 185 Å². The van der Waals surface area contributed by atoms with Crippen molar-refractivity contribution in [3.8, 4) is 0 Å². The van der Waals surface area contributed by atoms with Crippen molar-refractivity contribution in [1.29, 1.82) is 0 Å². The number of pyridine rings is 2. The molecule has 3 unspecified atom stereocenters. The van der Waals surface area contributed by atoms with Crippen molar-refractivity contribution in [1.82, 2.24) is 14.9 Å². The molecule has 6 rings (SSSR count). The molecule has 0 N–H and O–H groups in total. The number of alkyl halides is 3. The fourth-order valence-corrected chi connectivity index (χ4v) is 6.35. The van der Waals surface area contributed by atoms with Gasteiger partial charge in [-0.15, -0.1) is 0 Å². The summed E-state index contributed by atoms with van der Waals surface area (Å²) in [6.07, 6.45) is 4.67. The van der Waals surface area contributed by atoms with Crippen molar-refractivity contribution in [2.45, 2.75) is 37.6 Å². The second-order valence-corrected chi connectivity index (χ2v) is 10.1. The second kappa shape index (κ2) is 7.42. The molecule has 3 aliphatic heterocycles. The quantitative estimate of drug-likeness (QED) is 0.708. The van der Waals surface area contributed by atoms with Crippen molar-refractivity contribution in [2.24, 2.45) is 17.3 Å². The normalized spacial score (nSPS) is 28.4. The van der Waals surface area contributed by atoms with Crippen LogP contribution < -0.4 is 4.90 Å². The van der Waals surface area contributed by atoms with Gasteiger partial charge in [0.25, 0.3) is 0 Å². The van der Waals surface area contributed by atoms with Crippen LogP contribution in [0.1, 0.15) is 36.6 Å². The molecule has 1 spiro atoms. The topological polar surface area (TPSA) is 41.5 Å². The molecule has 5 heterocycles. The first kappa shape index (κ1) is 20.4. The van der Waals surface area contributed by atoms with Gasteiger partial charge in [-0.25, -0.2) is 4.98 Å². The monoisotopic (exact) mass is 444 g/mol. The molecule has 5 nitrogen and oxygen atoms in total. The molecule has 3 saturated heterocycles. The maximum absolute atomic E-state index is 12.8. The van der Waals surface area contributed by atoms with Gasteiger partial charge in [-0.2, -0.15) is 13.2 Å². The van der Waals surface area contributed by atoms with Crippen molar-refractivity contribution in [3.63, 3.8) is 0 Å². The molecule has 4 fully saturated rings. The minimum absolute atomic E-state index is 0.283. The maximum atomic E-state index is 12.8. The highest BCUT2D eigenvalue weighted by atomic mass is 19.4. The lowest BCUT2D eigenvalue weighted by atomic mass is 9.55. The summed E-state index contributed by atoms with van der Waals surface area (Å²) in [7, 11) is 0. The number of aromatic nitrogens is 2. The van der Waals surface area contributed by atoms with E-state index in [9.17, 15) is 13.2 Å². The fourth-order valence-electron chi connectivity index (χ4n) is 6.35. The van der Waals surface area contributed by atoms with E-state index in [1.54, 1.807) is 6.07 Å². The van der Waals surface area contributed by atoms with Gasteiger partial charge in [0.1, 0.15) is 5.69 Å². The van der Waals surface area contributed by atoms with Crippen LogP contribution in [0.2, 0.25) is 0 Å². The molecule has 170 valence electrons. The van der Waals surface area contributed by atoms with Crippen molar-refractivity contribution in [2.75, 3.05) is 37.7 Å². The molecular weight excluding hydrogens is 417 g/mol. The Morgan fingerprint density at radius 2 is 1.97 bits per heavy atom. The Hall–Kier alpha value is -2.19. The number of hydrogen-bond donors (Lipinski definition) is 0. The standard InChI is InChI=1S/C24H27F3N4O/c25-24(26,27)21-4-3-19(11-29-21)31-14-23(15-31)8-17(9-23)22(16-2-1-6-28-10-16)30-7-5-20-18(12-30)13-32-20/h1-4,6,10-11,17-18,20,22H,5,7-9,12-15H2. The van der Waals surface area contributed by atoms with E-state index >= 15 is 0 Å². The number of anilines is 1. The molecule has 3 atom stereocenters. The number of piperidine rings is 1. The van der Waals surface area contributed by atoms with E-state index in [-0.39, 0.29) is 5.41 Å². The van der Waals surface area contributed by atoms with Crippen LogP contribution in [0.4, 0.5) is 18.9 Å². The van der Waals surface area contributed by atoms with E-state index < -0.39 is 11.9 Å². The SMILES string of the molecule is FC(F)(F)c1ccc(N2CC3(CC(C(c4cccnc4)N4CCC5OCC5C4)C3)C2)cn1. The van der Waals surface area contributed by atoms with Gasteiger partial charge in [0.05, 0.1) is 24.6 Å². The van der Waals surface area contributed by atoms with Crippen molar-refractivity contribution in [3.05, 3.63) is 54.1 Å². The Morgan fingerprint density at radius 3 is 2.56 bits per heavy atom. The first-order chi connectivity index (χ1) is 15.4. The van der Waals surface area contributed by atoms with Crippen LogP contribution in [0.25, 0.3) is 0 Å². The summed E-state index contributed by atoms with van der Waals surface area (Å²) in [4.78, 5) is 12.8. The number of hydrogen-bond acceptors (Lipinski definition) is 5. The zero-order valence-corrected chi connectivity index (χ0v) is 17.8. The van der Waals surface area contributed by atoms with Gasteiger partial charge in [-0.1, -0.05) is 6.07 Å². The molecule has 4 aliphatic rings. The summed E-state index contributed by atoms with van der Waals surface area (Å²) >= 11 is 0. The Kier molecular flexibility index (Phi) is 4.73. The molecule has 0 amide bonds. The number of ether oxygens (including phenoxy) is 1. The number of rotatable bonds is 4. The van der Waals surface area contributed by atoms with Gasteiger partial charge in [0.2, 0.25) is 0 Å². The molecule has 0 aromatic carbocycles. The van der Waals surface area contributed by atoms with E-state index in [1.807, 2.05) is 18.5 Å². The van der Waals surface area contributed by atoms with Gasteiger partial charge in [0.15, 0.2) is 0 Å². The lowest BCUT2D eigenvalue weighted by molar-refractivity contribution is -0.162. The largest absolute Gasteiger partial charge is 0.433 e. The van der Waals surface area contributed by atoms with Crippen LogP contribution >= 0.6 is 0 Å². The summed E-state index contributed by atoms with van der Waals surface area (Å²) in [5.74, 6) is 1.24. The summed E-state index contributed by atoms with van der Waals surface area (Å²) in [6, 6.07) is 7.24. The average molecular weight is 445 g/mol. The van der Waals surface area contributed by atoms with Gasteiger partial charge >= 0.3 is 6.18 Å². The minimum Gasteiger partial charge on any atom is -0.377 e. The predicted octanol–water partition coefficient (Wildman–Crippen LogP) is 4.17. The van der Waals surface area contributed by atoms with E-state index in [1.165, 1.54) is 11.8 Å². The predicted molar refractivity (Wildman–Crippen MR) is 113 cm³/mol. The molecule has 0 bridgehead atoms. The summed E-state index contributed by atoms with van der Waals surface area (Å²) in [5, 5.41) is 0. The van der Waals surface area contributed by atoms with Crippen LogP contribution in [-0.4, -0.2) is 53.8 Å². The first-order valence-electron chi connectivity index (χ1n) is 11.4. The Balaban J connectivity index is 1.11. The summed E-state index contributed by atoms with van der Waals surface area (Å²) < 4.78 is 44.0. The molecule has 2 aromatic heterocycles. The summed E-state index contributed by atoms with van der Waals surface area (Å²) in [5.41, 5.74) is 1.53. The second-order valence-electron chi connectivity index (χ2n) is 10.1. The average Bonchev–Trinajstić information content (AvgIpc) is 2.70. The van der Waals surface area contributed by atoms with E-state index in [4.69, 9.17) is 4.74 Å². The third-order valence-corrected chi connectivity index (χ3v) is 7.93. The highest BCUT2D eigenvalue weighted by molar-refractivity contribution is 5.49. The molecule has 1 saturated carbocycles. The smallest absolute Gasteiger partial charge is 0.377 e. The first-order valence-corrected chi connectivity index (χ1v) is 11.4. The van der Waals surface area contributed by atoms with E-state index in [0.29, 0.717) is 24.0 Å². The van der Waals surface area contributed by atoms with Gasteiger partial charge < -0.3 is 9.64 Å². The number of halogens is 3. The van der Waals surface area contributed by atoms with E-state index in [0.717, 1.165) is 63.8 Å². The number of fused-ring (bicyclic) bond motifs is 1. The van der Waals surface area contributed by atoms with E-state index in [2.05, 4.69) is 25.8 Å². The highest BCUT2D eigenvalue weighted by Crippen LogP contribution is 2.58. The minimum atomic E-state index is -4.39. The molecule has 32 heavy (non-hydrogen) atoms. The van der Waals surface area contributed by atoms with Crippen LogP contribution in [0, 0.1) is 17.3 Å². The summed E-state index contributed by atoms with van der Waals surface area (Å²) in [6.45, 7) is 4.83. The van der Waals surface area contributed by atoms with Gasteiger partial charge in [0, 0.05) is 55.9 Å².